The molecule has 4 unspecified atom stereocenters. The van der Waals surface area contributed by atoms with E-state index >= 15 is 0 Å². The number of hydrogen-bond donors (Lipinski definition) is 1. The molecule has 1 aliphatic carbocycles. The fourth-order valence-electron chi connectivity index (χ4n) is 4.41. The van der Waals surface area contributed by atoms with E-state index in [4.69, 9.17) is 19.9 Å². The Morgan fingerprint density at radius 1 is 1.23 bits per heavy atom. The first-order valence-corrected chi connectivity index (χ1v) is 8.86. The Labute approximate surface area is 132 Å². The Kier molecular flexibility index (Phi) is 5.05. The van der Waals surface area contributed by atoms with Gasteiger partial charge in [0.05, 0.1) is 19.6 Å². The average molecular weight is 311 g/mol. The summed E-state index contributed by atoms with van der Waals surface area (Å²) in [5.74, 6) is 0.193. The van der Waals surface area contributed by atoms with E-state index in [2.05, 4.69) is 6.92 Å². The van der Waals surface area contributed by atoms with Crippen LogP contribution in [0, 0.1) is 11.8 Å². The van der Waals surface area contributed by atoms with E-state index in [0.717, 1.165) is 32.1 Å². The van der Waals surface area contributed by atoms with Crippen LogP contribution in [0.25, 0.3) is 0 Å². The molecule has 2 N–H and O–H groups in total. The highest BCUT2D eigenvalue weighted by molar-refractivity contribution is 5.72. The number of carbonyl (C=O) groups excluding carboxylic acids is 1. The summed E-state index contributed by atoms with van der Waals surface area (Å²) in [5, 5.41) is 0. The van der Waals surface area contributed by atoms with Crippen molar-refractivity contribution >= 4 is 5.97 Å². The van der Waals surface area contributed by atoms with Crippen LogP contribution in [0.3, 0.4) is 0 Å². The van der Waals surface area contributed by atoms with Crippen LogP contribution >= 0.6 is 0 Å². The van der Waals surface area contributed by atoms with E-state index in [1.54, 1.807) is 0 Å². The van der Waals surface area contributed by atoms with Gasteiger partial charge in [0.15, 0.2) is 5.79 Å². The molecule has 3 fully saturated rings. The van der Waals surface area contributed by atoms with Crippen molar-refractivity contribution in [3.8, 4) is 0 Å². The van der Waals surface area contributed by atoms with E-state index in [0.29, 0.717) is 31.5 Å². The van der Waals surface area contributed by atoms with Crippen LogP contribution in [0.2, 0.25) is 0 Å². The van der Waals surface area contributed by atoms with Gasteiger partial charge in [-0.1, -0.05) is 19.8 Å². The van der Waals surface area contributed by atoms with Gasteiger partial charge < -0.3 is 19.9 Å². The molecule has 2 heterocycles. The monoisotopic (exact) mass is 311 g/mol. The molecule has 0 bridgehead atoms. The molecule has 0 spiro atoms. The first kappa shape index (κ1) is 16.2. The number of nitrogens with two attached hydrogens (primary N) is 1. The third-order valence-corrected chi connectivity index (χ3v) is 5.60. The van der Waals surface area contributed by atoms with Crippen molar-refractivity contribution in [3.05, 3.63) is 0 Å². The van der Waals surface area contributed by atoms with Crippen molar-refractivity contribution in [1.82, 2.24) is 0 Å². The zero-order chi connectivity index (χ0) is 15.6. The van der Waals surface area contributed by atoms with Gasteiger partial charge in [-0.3, -0.25) is 4.79 Å². The minimum Gasteiger partial charge on any atom is -0.462 e. The lowest BCUT2D eigenvalue weighted by Gasteiger charge is -2.30. The van der Waals surface area contributed by atoms with Gasteiger partial charge in [-0.25, -0.2) is 0 Å². The van der Waals surface area contributed by atoms with Crippen LogP contribution in [0.5, 0.6) is 0 Å². The van der Waals surface area contributed by atoms with Crippen LogP contribution in [0.4, 0.5) is 0 Å². The summed E-state index contributed by atoms with van der Waals surface area (Å²) in [6.45, 7) is 3.59. The van der Waals surface area contributed by atoms with Crippen molar-refractivity contribution in [2.45, 2.75) is 76.2 Å². The summed E-state index contributed by atoms with van der Waals surface area (Å²) in [6.07, 6.45) is 7.76. The lowest BCUT2D eigenvalue weighted by Crippen LogP contribution is -2.34. The lowest BCUT2D eigenvalue weighted by molar-refractivity contribution is -0.170. The van der Waals surface area contributed by atoms with E-state index in [1.807, 2.05) is 0 Å². The number of unbranched alkanes of at least 4 members (excludes halogenated alkanes) is 2. The minimum absolute atomic E-state index is 0.0500. The van der Waals surface area contributed by atoms with Crippen molar-refractivity contribution < 1.29 is 19.0 Å². The average Bonchev–Trinajstić information content (AvgIpc) is 3.13. The summed E-state index contributed by atoms with van der Waals surface area (Å²) >= 11 is 0. The molecule has 5 heteroatoms. The molecule has 0 aromatic heterocycles. The molecule has 22 heavy (non-hydrogen) atoms. The fourth-order valence-corrected chi connectivity index (χ4v) is 4.41. The molecule has 0 aromatic carbocycles. The number of hydrogen-bond acceptors (Lipinski definition) is 5. The molecule has 5 nitrogen and oxygen atoms in total. The number of fused-ring (bicyclic) bond motifs is 1. The third kappa shape index (κ3) is 3.31. The zero-order valence-electron chi connectivity index (χ0n) is 13.6. The van der Waals surface area contributed by atoms with Crippen LogP contribution in [-0.4, -0.2) is 37.1 Å². The van der Waals surface area contributed by atoms with Crippen LogP contribution in [-0.2, 0) is 19.0 Å². The van der Waals surface area contributed by atoms with Gasteiger partial charge in [0.25, 0.3) is 0 Å². The van der Waals surface area contributed by atoms with Gasteiger partial charge in [-0.05, 0) is 18.8 Å². The summed E-state index contributed by atoms with van der Waals surface area (Å²) in [4.78, 5) is 11.5. The SMILES string of the molecule is CCCCCC1(CCC2C(N)CC3OC(=O)CC32)OCCO1. The topological polar surface area (TPSA) is 70.8 Å². The largest absolute Gasteiger partial charge is 0.462 e. The predicted molar refractivity (Wildman–Crippen MR) is 82.1 cm³/mol. The molecule has 3 aliphatic rings. The Hall–Kier alpha value is -0.650. The highest BCUT2D eigenvalue weighted by Crippen LogP contribution is 2.44. The summed E-state index contributed by atoms with van der Waals surface area (Å²) in [7, 11) is 0. The number of carbonyl (C=O) groups is 1. The van der Waals surface area contributed by atoms with Gasteiger partial charge >= 0.3 is 5.97 Å². The van der Waals surface area contributed by atoms with Crippen molar-refractivity contribution in [2.24, 2.45) is 17.6 Å². The molecular weight excluding hydrogens is 282 g/mol. The highest BCUT2D eigenvalue weighted by Gasteiger charge is 2.49. The number of ether oxygens (including phenoxy) is 3. The van der Waals surface area contributed by atoms with Gasteiger partial charge in [0.2, 0.25) is 0 Å². The zero-order valence-corrected chi connectivity index (χ0v) is 13.6. The lowest BCUT2D eigenvalue weighted by atomic mass is 9.85. The van der Waals surface area contributed by atoms with Gasteiger partial charge in [-0.15, -0.1) is 0 Å². The quantitative estimate of drug-likeness (QED) is 0.577. The maximum atomic E-state index is 11.5. The van der Waals surface area contributed by atoms with E-state index in [-0.39, 0.29) is 18.1 Å². The third-order valence-electron chi connectivity index (χ3n) is 5.60. The Morgan fingerprint density at radius 3 is 2.73 bits per heavy atom. The minimum atomic E-state index is -0.406. The summed E-state index contributed by atoms with van der Waals surface area (Å²) < 4.78 is 17.3. The van der Waals surface area contributed by atoms with Crippen LogP contribution < -0.4 is 5.73 Å². The van der Waals surface area contributed by atoms with Crippen molar-refractivity contribution in [1.29, 1.82) is 0 Å². The van der Waals surface area contributed by atoms with Crippen molar-refractivity contribution in [2.75, 3.05) is 13.2 Å². The summed E-state index contributed by atoms with van der Waals surface area (Å²) in [5.41, 5.74) is 6.29. The van der Waals surface area contributed by atoms with Gasteiger partial charge in [0.1, 0.15) is 6.10 Å². The Balaban J connectivity index is 1.56. The maximum absolute atomic E-state index is 11.5. The Morgan fingerprint density at radius 2 is 2.00 bits per heavy atom. The van der Waals surface area contributed by atoms with E-state index in [1.165, 1.54) is 12.8 Å². The molecule has 0 amide bonds. The number of rotatable bonds is 7. The molecule has 2 aliphatic heterocycles. The smallest absolute Gasteiger partial charge is 0.306 e. The van der Waals surface area contributed by atoms with Crippen molar-refractivity contribution in [3.63, 3.8) is 0 Å². The van der Waals surface area contributed by atoms with E-state index < -0.39 is 5.79 Å². The highest BCUT2D eigenvalue weighted by atomic mass is 16.7. The first-order chi connectivity index (χ1) is 10.6. The van der Waals surface area contributed by atoms with Crippen LogP contribution in [0.1, 0.15) is 58.3 Å². The maximum Gasteiger partial charge on any atom is 0.306 e. The first-order valence-electron chi connectivity index (χ1n) is 8.86. The Bertz CT molecular complexity index is 394. The standard InChI is InChI=1S/C17H29NO4/c1-2-3-4-6-17(20-8-9-21-17)7-5-12-13-10-16(19)22-15(13)11-14(12)18/h12-15H,2-11,18H2,1H3. The second kappa shape index (κ2) is 6.85. The molecule has 3 rings (SSSR count). The molecule has 4 atom stereocenters. The molecule has 126 valence electrons. The number of esters is 1. The molecule has 2 saturated heterocycles. The molecule has 0 aromatic rings. The molecule has 0 radical (unpaired) electrons. The second-order valence-corrected chi connectivity index (χ2v) is 7.06. The normalized spacial score (nSPS) is 36.5. The molecular formula is C17H29NO4. The van der Waals surface area contributed by atoms with Gasteiger partial charge in [0, 0.05) is 31.2 Å². The second-order valence-electron chi connectivity index (χ2n) is 7.06. The summed E-state index contributed by atoms with van der Waals surface area (Å²) in [6, 6.07) is 0.136. The van der Waals surface area contributed by atoms with E-state index in [9.17, 15) is 4.79 Å². The van der Waals surface area contributed by atoms with Crippen LogP contribution in [0.15, 0.2) is 0 Å². The predicted octanol–water partition coefficient (Wildman–Crippen LogP) is 2.37. The van der Waals surface area contributed by atoms with Gasteiger partial charge in [-0.2, -0.15) is 0 Å². The molecule has 1 saturated carbocycles. The fraction of sp³-hybridized carbons (Fsp3) is 0.941.